The maximum absolute atomic E-state index is 12.8. The van der Waals surface area contributed by atoms with Gasteiger partial charge in [0.25, 0.3) is 5.91 Å². The lowest BCUT2D eigenvalue weighted by Gasteiger charge is -2.14. The van der Waals surface area contributed by atoms with Crippen LogP contribution in [0.4, 0.5) is 5.13 Å². The Kier molecular flexibility index (Phi) is 8.68. The quantitative estimate of drug-likeness (QED) is 0.193. The number of carbonyl (C=O) groups excluding carboxylic acids is 2. The smallest absolute Gasteiger partial charge is 0.266 e. The highest BCUT2D eigenvalue weighted by Crippen LogP contribution is 2.33. The van der Waals surface area contributed by atoms with Gasteiger partial charge in [0, 0.05) is 23.9 Å². The molecule has 35 heavy (non-hydrogen) atoms. The van der Waals surface area contributed by atoms with E-state index in [1.807, 2.05) is 66.1 Å². The topological polar surface area (TPSA) is 71.5 Å². The number of methoxy groups -OCH3 is 1. The molecule has 1 N–H and O–H groups in total. The van der Waals surface area contributed by atoms with E-state index >= 15 is 0 Å². The molecule has 180 valence electrons. The molecule has 1 aromatic heterocycles. The summed E-state index contributed by atoms with van der Waals surface area (Å²) in [6, 6.07) is 17.4. The molecule has 2 amide bonds. The number of anilines is 1. The number of nitrogens with zero attached hydrogens (tertiary/aromatic N) is 2. The van der Waals surface area contributed by atoms with Crippen molar-refractivity contribution in [1.82, 2.24) is 9.88 Å². The van der Waals surface area contributed by atoms with Gasteiger partial charge < -0.3 is 10.1 Å². The summed E-state index contributed by atoms with van der Waals surface area (Å²) in [7, 11) is 1.62. The molecule has 2 heterocycles. The lowest BCUT2D eigenvalue weighted by molar-refractivity contribution is -0.122. The van der Waals surface area contributed by atoms with E-state index in [2.05, 4.69) is 10.3 Å². The molecule has 1 saturated heterocycles. The maximum atomic E-state index is 12.8. The highest BCUT2D eigenvalue weighted by molar-refractivity contribution is 8.26. The van der Waals surface area contributed by atoms with Gasteiger partial charge in [-0.15, -0.1) is 11.3 Å². The second-order valence-corrected chi connectivity index (χ2v) is 10.4. The molecule has 0 atom stereocenters. The van der Waals surface area contributed by atoms with E-state index in [9.17, 15) is 9.59 Å². The summed E-state index contributed by atoms with van der Waals surface area (Å²) < 4.78 is 5.75. The number of amides is 2. The van der Waals surface area contributed by atoms with Gasteiger partial charge in [0.2, 0.25) is 5.91 Å². The number of thioether (sulfide) groups is 1. The summed E-state index contributed by atoms with van der Waals surface area (Å²) in [4.78, 5) is 31.8. The molecule has 9 heteroatoms. The van der Waals surface area contributed by atoms with Crippen LogP contribution in [0.15, 0.2) is 64.9 Å². The van der Waals surface area contributed by atoms with Crippen LogP contribution in [0.3, 0.4) is 0 Å². The third kappa shape index (κ3) is 6.78. The Labute approximate surface area is 218 Å². The van der Waals surface area contributed by atoms with Crippen LogP contribution in [0, 0.1) is 0 Å². The number of hydrogen-bond acceptors (Lipinski definition) is 7. The van der Waals surface area contributed by atoms with Gasteiger partial charge in [-0.05, 0) is 36.6 Å². The number of unbranched alkanes of at least 4 members (excludes halogenated alkanes) is 2. The monoisotopic (exact) mass is 523 g/mol. The largest absolute Gasteiger partial charge is 0.497 e. The molecule has 0 bridgehead atoms. The van der Waals surface area contributed by atoms with Gasteiger partial charge in [0.1, 0.15) is 10.1 Å². The van der Waals surface area contributed by atoms with E-state index in [0.717, 1.165) is 41.8 Å². The standard InChI is InChI=1S/C26H25N3O3S3/c1-32-20-13-11-18(12-14-20)16-22-24(31)29(26(33)35-22)15-7-3-6-10-23(30)28-25-27-21(17-34-25)19-8-4-2-5-9-19/h2,4-5,8-9,11-14,16-17H,3,6-7,10,15H2,1H3,(H,27,28,30)/b22-16-. The van der Waals surface area contributed by atoms with Gasteiger partial charge in [0.05, 0.1) is 17.7 Å². The molecule has 4 rings (SSSR count). The number of benzene rings is 2. The van der Waals surface area contributed by atoms with E-state index in [-0.39, 0.29) is 11.8 Å². The number of aromatic nitrogens is 1. The first-order valence-electron chi connectivity index (χ1n) is 11.2. The maximum Gasteiger partial charge on any atom is 0.266 e. The lowest BCUT2D eigenvalue weighted by atomic mass is 10.1. The first-order valence-corrected chi connectivity index (χ1v) is 13.3. The fraction of sp³-hybridized carbons (Fsp3) is 0.231. The van der Waals surface area contributed by atoms with Crippen LogP contribution in [-0.2, 0) is 9.59 Å². The molecule has 0 unspecified atom stereocenters. The van der Waals surface area contributed by atoms with E-state index < -0.39 is 0 Å². The van der Waals surface area contributed by atoms with Crippen LogP contribution in [0.25, 0.3) is 17.3 Å². The molecule has 0 radical (unpaired) electrons. The Morgan fingerprint density at radius 1 is 1.11 bits per heavy atom. The number of carbonyl (C=O) groups is 2. The van der Waals surface area contributed by atoms with Gasteiger partial charge in [-0.25, -0.2) is 4.98 Å². The molecule has 0 saturated carbocycles. The molecule has 2 aromatic carbocycles. The highest BCUT2D eigenvalue weighted by atomic mass is 32.2. The molecule has 3 aromatic rings. The van der Waals surface area contributed by atoms with Crippen molar-refractivity contribution in [3.63, 3.8) is 0 Å². The van der Waals surface area contributed by atoms with Crippen LogP contribution in [0.1, 0.15) is 31.2 Å². The lowest BCUT2D eigenvalue weighted by Crippen LogP contribution is -2.29. The Morgan fingerprint density at radius 3 is 2.63 bits per heavy atom. The summed E-state index contributed by atoms with van der Waals surface area (Å²) in [5.41, 5.74) is 2.81. The fourth-order valence-electron chi connectivity index (χ4n) is 3.53. The van der Waals surface area contributed by atoms with Crippen molar-refractivity contribution in [3.8, 4) is 17.0 Å². The molecule has 0 spiro atoms. The molecule has 1 aliphatic heterocycles. The third-order valence-corrected chi connectivity index (χ3v) is 7.53. The predicted octanol–water partition coefficient (Wildman–Crippen LogP) is 6.22. The van der Waals surface area contributed by atoms with E-state index in [1.54, 1.807) is 12.0 Å². The molecular weight excluding hydrogens is 499 g/mol. The molecule has 1 fully saturated rings. The minimum absolute atomic E-state index is 0.0491. The molecule has 0 aliphatic carbocycles. The predicted molar refractivity (Wildman–Crippen MR) is 148 cm³/mol. The van der Waals surface area contributed by atoms with Crippen LogP contribution >= 0.6 is 35.3 Å². The van der Waals surface area contributed by atoms with Crippen LogP contribution in [-0.4, -0.2) is 39.7 Å². The number of hydrogen-bond donors (Lipinski definition) is 1. The Hall–Kier alpha value is -3.01. The fourth-order valence-corrected chi connectivity index (χ4v) is 5.58. The SMILES string of the molecule is COc1ccc(/C=C2\SC(=S)N(CCCCCC(=O)Nc3nc(-c4ccccc4)cs3)C2=O)cc1. The van der Waals surface area contributed by atoms with Crippen molar-refractivity contribution in [1.29, 1.82) is 0 Å². The van der Waals surface area contributed by atoms with Crippen molar-refractivity contribution in [2.75, 3.05) is 19.0 Å². The second-order valence-electron chi connectivity index (χ2n) is 7.87. The summed E-state index contributed by atoms with van der Waals surface area (Å²) in [6.45, 7) is 0.555. The Bertz CT molecular complexity index is 1220. The molecule has 1 aliphatic rings. The number of thiazole rings is 1. The summed E-state index contributed by atoms with van der Waals surface area (Å²) in [5, 5.41) is 5.43. The highest BCUT2D eigenvalue weighted by Gasteiger charge is 2.31. The summed E-state index contributed by atoms with van der Waals surface area (Å²) >= 11 is 8.16. The van der Waals surface area contributed by atoms with Gasteiger partial charge in [-0.3, -0.25) is 14.5 Å². The van der Waals surface area contributed by atoms with E-state index in [0.29, 0.717) is 27.3 Å². The van der Waals surface area contributed by atoms with Crippen LogP contribution < -0.4 is 10.1 Å². The van der Waals surface area contributed by atoms with Gasteiger partial charge >= 0.3 is 0 Å². The first kappa shape index (κ1) is 25.1. The zero-order valence-electron chi connectivity index (χ0n) is 19.2. The normalized spacial score (nSPS) is 14.5. The van der Waals surface area contributed by atoms with Crippen molar-refractivity contribution < 1.29 is 14.3 Å². The van der Waals surface area contributed by atoms with Crippen LogP contribution in [0.2, 0.25) is 0 Å². The molecular formula is C26H25N3O3S3. The number of nitrogens with one attached hydrogen (secondary N) is 1. The van der Waals surface area contributed by atoms with Crippen molar-refractivity contribution >= 4 is 62.7 Å². The zero-order chi connectivity index (χ0) is 24.6. The number of ether oxygens (including phenoxy) is 1. The first-order chi connectivity index (χ1) is 17.0. The number of rotatable bonds is 10. The van der Waals surface area contributed by atoms with Gasteiger partial charge in [0.15, 0.2) is 5.13 Å². The van der Waals surface area contributed by atoms with Crippen LogP contribution in [0.5, 0.6) is 5.75 Å². The Balaban J connectivity index is 1.18. The second kappa shape index (κ2) is 12.1. The summed E-state index contributed by atoms with van der Waals surface area (Å²) in [5.74, 6) is 0.658. The molecule has 6 nitrogen and oxygen atoms in total. The number of thiocarbonyl (C=S) groups is 1. The third-order valence-electron chi connectivity index (χ3n) is 5.39. The van der Waals surface area contributed by atoms with Crippen molar-refractivity contribution in [3.05, 3.63) is 70.4 Å². The minimum Gasteiger partial charge on any atom is -0.497 e. The van der Waals surface area contributed by atoms with Gasteiger partial charge in [-0.1, -0.05) is 72.9 Å². The average molecular weight is 524 g/mol. The van der Waals surface area contributed by atoms with E-state index in [4.69, 9.17) is 17.0 Å². The summed E-state index contributed by atoms with van der Waals surface area (Å²) in [6.07, 6.45) is 4.61. The van der Waals surface area contributed by atoms with Crippen molar-refractivity contribution in [2.24, 2.45) is 0 Å². The van der Waals surface area contributed by atoms with Gasteiger partial charge in [-0.2, -0.15) is 0 Å². The van der Waals surface area contributed by atoms with Crippen molar-refractivity contribution in [2.45, 2.75) is 25.7 Å². The Morgan fingerprint density at radius 2 is 1.89 bits per heavy atom. The average Bonchev–Trinajstić information content (AvgIpc) is 3.44. The van der Waals surface area contributed by atoms with E-state index in [1.165, 1.54) is 23.1 Å². The minimum atomic E-state index is -0.0634. The zero-order valence-corrected chi connectivity index (χ0v) is 21.7.